The molecule has 2 aliphatic carbocycles. The summed E-state index contributed by atoms with van der Waals surface area (Å²) in [5.74, 6) is 1.49. The number of rotatable bonds is 8. The van der Waals surface area contributed by atoms with Gasteiger partial charge in [-0.2, -0.15) is 14.3 Å². The average Bonchev–Trinajstić information content (AvgIpc) is 3.56. The lowest BCUT2D eigenvalue weighted by Gasteiger charge is -2.34. The Balaban J connectivity index is 1.16. The number of nitrogens with one attached hydrogen (secondary N) is 2. The van der Waals surface area contributed by atoms with Gasteiger partial charge in [-0.3, -0.25) is 4.68 Å². The third-order valence-electron chi connectivity index (χ3n) is 8.45. The van der Waals surface area contributed by atoms with Gasteiger partial charge in [0.25, 0.3) is 10.0 Å². The average molecular weight is 590 g/mol. The summed E-state index contributed by atoms with van der Waals surface area (Å²) >= 11 is 0. The molecule has 12 nitrogen and oxygen atoms in total. The molecule has 0 saturated heterocycles. The van der Waals surface area contributed by atoms with Crippen LogP contribution in [0.3, 0.4) is 0 Å². The predicted molar refractivity (Wildman–Crippen MR) is 159 cm³/mol. The Labute approximate surface area is 244 Å². The largest absolute Gasteiger partial charge is 0.390 e. The maximum atomic E-state index is 12.6. The second kappa shape index (κ2) is 10.5. The maximum absolute atomic E-state index is 12.6. The maximum Gasteiger partial charge on any atom is 0.256 e. The van der Waals surface area contributed by atoms with Gasteiger partial charge in [0.05, 0.1) is 34.5 Å². The highest BCUT2D eigenvalue weighted by Crippen LogP contribution is 2.35. The summed E-state index contributed by atoms with van der Waals surface area (Å²) < 4.78 is 28.2. The molecular weight excluding hydrogens is 554 g/mol. The number of hydrogen-bond acceptors (Lipinski definition) is 10. The molecule has 13 heteroatoms. The summed E-state index contributed by atoms with van der Waals surface area (Å²) in [7, 11) is -3.47. The van der Waals surface area contributed by atoms with Crippen molar-refractivity contribution in [3.63, 3.8) is 0 Å². The lowest BCUT2D eigenvalue weighted by molar-refractivity contribution is 0.0196. The molecule has 4 aromatic heterocycles. The van der Waals surface area contributed by atoms with Crippen LogP contribution < -0.4 is 10.6 Å². The third kappa shape index (κ3) is 5.50. The van der Waals surface area contributed by atoms with E-state index in [-0.39, 0.29) is 11.3 Å². The fourth-order valence-corrected chi connectivity index (χ4v) is 7.25. The van der Waals surface area contributed by atoms with Gasteiger partial charge in [-0.25, -0.2) is 23.4 Å². The second-order valence-corrected chi connectivity index (χ2v) is 14.0. The number of hydrogen-bond donors (Lipinski definition) is 3. The number of nitrogens with zero attached hydrogens (tertiary/aromatic N) is 7. The van der Waals surface area contributed by atoms with E-state index < -0.39 is 15.6 Å². The highest BCUT2D eigenvalue weighted by atomic mass is 32.2. The van der Waals surface area contributed by atoms with Crippen molar-refractivity contribution in [3.8, 4) is 22.6 Å². The summed E-state index contributed by atoms with van der Waals surface area (Å²) in [5.41, 5.74) is 3.92. The van der Waals surface area contributed by atoms with Crippen molar-refractivity contribution in [3.05, 3.63) is 48.7 Å². The molecule has 7 rings (SSSR count). The molecule has 220 valence electrons. The summed E-state index contributed by atoms with van der Waals surface area (Å²) in [6.45, 7) is 2.84. The van der Waals surface area contributed by atoms with Crippen molar-refractivity contribution >= 4 is 27.3 Å². The molecule has 0 atom stereocenters. The monoisotopic (exact) mass is 589 g/mol. The first-order chi connectivity index (χ1) is 20.2. The van der Waals surface area contributed by atoms with E-state index in [4.69, 9.17) is 10.1 Å². The van der Waals surface area contributed by atoms with Gasteiger partial charge in [0.1, 0.15) is 11.6 Å². The Morgan fingerprint density at radius 2 is 1.88 bits per heavy atom. The van der Waals surface area contributed by atoms with Crippen molar-refractivity contribution in [2.24, 2.45) is 0 Å². The Kier molecular flexibility index (Phi) is 6.73. The number of aromatic nitrogens is 7. The molecule has 4 aromatic rings. The van der Waals surface area contributed by atoms with Crippen molar-refractivity contribution in [2.75, 3.05) is 10.6 Å². The van der Waals surface area contributed by atoms with Crippen LogP contribution in [-0.2, 0) is 23.0 Å². The van der Waals surface area contributed by atoms with Crippen molar-refractivity contribution in [1.82, 2.24) is 33.9 Å². The van der Waals surface area contributed by atoms with E-state index in [0.717, 1.165) is 66.1 Å². The van der Waals surface area contributed by atoms with Gasteiger partial charge in [0.15, 0.2) is 5.82 Å². The van der Waals surface area contributed by atoms with Gasteiger partial charge in [-0.1, -0.05) is 0 Å². The van der Waals surface area contributed by atoms with Crippen LogP contribution >= 0.6 is 0 Å². The van der Waals surface area contributed by atoms with Gasteiger partial charge in [-0.05, 0) is 76.8 Å². The summed E-state index contributed by atoms with van der Waals surface area (Å²) in [6.07, 6.45) is 14.3. The molecule has 42 heavy (non-hydrogen) atoms. The molecule has 3 aliphatic rings. The number of aliphatic hydroxyl groups is 1. The molecule has 0 amide bonds. The van der Waals surface area contributed by atoms with Gasteiger partial charge < -0.3 is 15.7 Å². The Hall–Kier alpha value is -3.84. The molecular formula is C29H35N9O3S. The smallest absolute Gasteiger partial charge is 0.256 e. The molecule has 0 spiro atoms. The van der Waals surface area contributed by atoms with E-state index in [2.05, 4.69) is 36.4 Å². The van der Waals surface area contributed by atoms with E-state index in [1.165, 1.54) is 24.5 Å². The Morgan fingerprint density at radius 3 is 2.67 bits per heavy atom. The zero-order chi connectivity index (χ0) is 28.9. The van der Waals surface area contributed by atoms with Crippen LogP contribution in [0.2, 0.25) is 0 Å². The van der Waals surface area contributed by atoms with E-state index in [0.29, 0.717) is 35.9 Å². The minimum atomic E-state index is -3.47. The molecule has 0 bridgehead atoms. The molecule has 0 aromatic carbocycles. The van der Waals surface area contributed by atoms with Crippen LogP contribution in [0.15, 0.2) is 43.0 Å². The van der Waals surface area contributed by atoms with Gasteiger partial charge in [0, 0.05) is 48.0 Å². The van der Waals surface area contributed by atoms with Crippen LogP contribution in [0, 0.1) is 0 Å². The standard InChI is InChI=1S/C29H35N9O3S/c1-29(39)10-7-20(8-11-29)33-24-15-27(31-17-23(24)25-14-21-4-2-3-13-37(21)36-25)34-26-9-12-30-28(35-26)19-16-32-38(18-19)42(40,41)22-5-6-22/h9,12,14-18,20,22,39H,2-8,10-11,13H2,1H3,(H2,30,31,33,34,35). The highest BCUT2D eigenvalue weighted by molar-refractivity contribution is 7.90. The number of pyridine rings is 1. The lowest BCUT2D eigenvalue weighted by Crippen LogP contribution is -2.35. The van der Waals surface area contributed by atoms with E-state index in [1.54, 1.807) is 12.3 Å². The topological polar surface area (TPSA) is 153 Å². The first kappa shape index (κ1) is 27.0. The zero-order valence-electron chi connectivity index (χ0n) is 23.6. The van der Waals surface area contributed by atoms with Crippen LogP contribution in [0.1, 0.15) is 64.0 Å². The summed E-state index contributed by atoms with van der Waals surface area (Å²) in [6, 6.07) is 6.11. The SMILES string of the molecule is CC1(O)CCC(Nc2cc(Nc3ccnc(-c4cnn(S(=O)(=O)C5CC5)c4)n3)ncc2-c2cc3n(n2)CCCC3)CC1. The number of aryl methyl sites for hydroxylation is 2. The molecule has 3 N–H and O–H groups in total. The van der Waals surface area contributed by atoms with Crippen molar-refractivity contribution < 1.29 is 13.5 Å². The zero-order valence-corrected chi connectivity index (χ0v) is 24.4. The fraction of sp³-hybridized carbons (Fsp3) is 0.483. The van der Waals surface area contributed by atoms with Crippen LogP contribution in [0.4, 0.5) is 17.3 Å². The predicted octanol–water partition coefficient (Wildman–Crippen LogP) is 4.12. The number of fused-ring (bicyclic) bond motifs is 1. The van der Waals surface area contributed by atoms with Crippen LogP contribution in [-0.4, -0.2) is 64.3 Å². The molecule has 2 saturated carbocycles. The van der Waals surface area contributed by atoms with Crippen LogP contribution in [0.25, 0.3) is 22.6 Å². The van der Waals surface area contributed by atoms with E-state index >= 15 is 0 Å². The van der Waals surface area contributed by atoms with Crippen molar-refractivity contribution in [1.29, 1.82) is 0 Å². The highest BCUT2D eigenvalue weighted by Gasteiger charge is 2.37. The molecule has 0 radical (unpaired) electrons. The fourth-order valence-electron chi connectivity index (χ4n) is 5.78. The van der Waals surface area contributed by atoms with Gasteiger partial charge >= 0.3 is 0 Å². The van der Waals surface area contributed by atoms with E-state index in [1.807, 2.05) is 19.2 Å². The lowest BCUT2D eigenvalue weighted by atomic mass is 9.83. The Morgan fingerprint density at radius 1 is 1.05 bits per heavy atom. The molecule has 5 heterocycles. The first-order valence-corrected chi connectivity index (χ1v) is 16.2. The van der Waals surface area contributed by atoms with Gasteiger partial charge in [-0.15, -0.1) is 0 Å². The van der Waals surface area contributed by atoms with Crippen molar-refractivity contribution in [2.45, 2.75) is 88.1 Å². The normalized spacial score (nSPS) is 22.5. The quantitative estimate of drug-likeness (QED) is 0.273. The van der Waals surface area contributed by atoms with Gasteiger partial charge in [0.2, 0.25) is 0 Å². The summed E-state index contributed by atoms with van der Waals surface area (Å²) in [4.78, 5) is 13.6. The third-order valence-corrected chi connectivity index (χ3v) is 10.5. The van der Waals surface area contributed by atoms with E-state index in [9.17, 15) is 13.5 Å². The minimum absolute atomic E-state index is 0.227. The molecule has 1 aliphatic heterocycles. The molecule has 0 unspecified atom stereocenters. The minimum Gasteiger partial charge on any atom is -0.390 e. The molecule has 2 fully saturated rings. The van der Waals surface area contributed by atoms with Crippen LogP contribution in [0.5, 0.6) is 0 Å². The number of anilines is 3. The summed E-state index contributed by atoms with van der Waals surface area (Å²) in [5, 5.41) is 26.1. The second-order valence-electron chi connectivity index (χ2n) is 12.0. The first-order valence-electron chi connectivity index (χ1n) is 14.7. The Bertz CT molecular complexity index is 1690.